The maximum absolute atomic E-state index is 12.4. The van der Waals surface area contributed by atoms with Crippen molar-refractivity contribution < 1.29 is 24.3 Å². The van der Waals surface area contributed by atoms with Gasteiger partial charge in [0.25, 0.3) is 13.2 Å². The Hall–Kier alpha value is -2.70. The number of phenols is 1. The molecule has 1 unspecified atom stereocenters. The minimum absolute atomic E-state index is 0.0257. The average Bonchev–Trinajstić information content (AvgIpc) is 2.72. The van der Waals surface area contributed by atoms with E-state index in [-0.39, 0.29) is 29.7 Å². The summed E-state index contributed by atoms with van der Waals surface area (Å²) in [5, 5.41) is 6.46. The minimum Gasteiger partial charge on any atom is -0.507 e. The van der Waals surface area contributed by atoms with E-state index in [9.17, 15) is 19.2 Å². The van der Waals surface area contributed by atoms with Crippen molar-refractivity contribution in [3.8, 4) is 5.75 Å². The van der Waals surface area contributed by atoms with Crippen LogP contribution in [0.5, 0.6) is 5.75 Å². The minimum atomic E-state index is -1.02. The fourth-order valence-electron chi connectivity index (χ4n) is 2.48. The third kappa shape index (κ3) is 1.59. The van der Waals surface area contributed by atoms with E-state index in [0.29, 0.717) is 0 Å². The molecule has 102 valence electrons. The fourth-order valence-corrected chi connectivity index (χ4v) is 2.48. The molecular weight excluding hydrogens is 264 g/mol. The summed E-state index contributed by atoms with van der Waals surface area (Å²) >= 11 is 0. The van der Waals surface area contributed by atoms with Crippen molar-refractivity contribution in [3.05, 3.63) is 29.3 Å². The fraction of sp³-hybridized carbons (Fsp3) is 0.231. The molecule has 2 aliphatic rings. The van der Waals surface area contributed by atoms with Gasteiger partial charge in [0.15, 0.2) is 0 Å². The molecule has 3 rings (SSSR count). The largest absolute Gasteiger partial charge is 0.507 e. The number of fused-ring (bicyclic) bond motifs is 1. The van der Waals surface area contributed by atoms with Gasteiger partial charge in [-0.05, 0) is 18.6 Å². The second kappa shape index (κ2) is 4.16. The number of hydrogen-bond acceptors (Lipinski definition) is 5. The predicted octanol–water partition coefficient (Wildman–Crippen LogP) is -0.207. The van der Waals surface area contributed by atoms with Crippen molar-refractivity contribution in [2.45, 2.75) is 18.9 Å². The number of imide groups is 2. The highest BCUT2D eigenvalue weighted by Crippen LogP contribution is 2.32. The SMILES string of the molecule is [2H]Oc1cccc2c1C(=O)N(C1CCC(=O)NC1=O)C2=O. The number of nitrogens with one attached hydrogen (secondary N) is 1. The lowest BCUT2D eigenvalue weighted by Gasteiger charge is -2.27. The van der Waals surface area contributed by atoms with Gasteiger partial charge in [-0.15, -0.1) is 0 Å². The number of aromatic hydroxyl groups is 1. The second-order valence-electron chi connectivity index (χ2n) is 4.63. The summed E-state index contributed by atoms with van der Waals surface area (Å²) in [7, 11) is 0. The molecule has 0 aromatic heterocycles. The van der Waals surface area contributed by atoms with Gasteiger partial charge in [0.1, 0.15) is 11.8 Å². The monoisotopic (exact) mass is 275 g/mol. The van der Waals surface area contributed by atoms with Gasteiger partial charge in [-0.1, -0.05) is 6.07 Å². The Kier molecular flexibility index (Phi) is 2.32. The quantitative estimate of drug-likeness (QED) is 0.727. The Morgan fingerprint density at radius 3 is 2.75 bits per heavy atom. The summed E-state index contributed by atoms with van der Waals surface area (Å²) in [6.45, 7) is 0. The number of hydrogen-bond donors (Lipinski definition) is 2. The first-order chi connectivity index (χ1) is 10.0. The van der Waals surface area contributed by atoms with E-state index in [4.69, 9.17) is 1.43 Å². The molecule has 0 spiro atoms. The summed E-state index contributed by atoms with van der Waals surface area (Å²) in [6.07, 6.45) is 0.152. The molecule has 1 aromatic carbocycles. The lowest BCUT2D eigenvalue weighted by molar-refractivity contribution is -0.136. The van der Waals surface area contributed by atoms with Crippen LogP contribution in [-0.2, 0) is 9.59 Å². The van der Waals surface area contributed by atoms with Gasteiger partial charge < -0.3 is 5.11 Å². The standard InChI is InChI=1S/C13H10N2O5/c16-8-3-1-2-6-10(8)13(20)15(12(6)19)7-4-5-9(17)14-11(7)18/h1-3,7,16H,4-5H2,(H,14,17,18)/i/hD. The molecule has 1 atom stereocenters. The van der Waals surface area contributed by atoms with E-state index in [1.807, 2.05) is 0 Å². The van der Waals surface area contributed by atoms with Crippen molar-refractivity contribution in [3.63, 3.8) is 0 Å². The van der Waals surface area contributed by atoms with Crippen molar-refractivity contribution in [1.29, 1.82) is 1.43 Å². The highest BCUT2D eigenvalue weighted by Gasteiger charge is 2.45. The molecule has 1 saturated heterocycles. The zero-order valence-electron chi connectivity index (χ0n) is 11.2. The van der Waals surface area contributed by atoms with Gasteiger partial charge in [0, 0.05) is 6.42 Å². The van der Waals surface area contributed by atoms with Gasteiger partial charge >= 0.3 is 0 Å². The number of amides is 4. The normalized spacial score (nSPS) is 22.5. The third-order valence-electron chi connectivity index (χ3n) is 3.43. The van der Waals surface area contributed by atoms with Gasteiger partial charge in [-0.25, -0.2) is 0 Å². The van der Waals surface area contributed by atoms with E-state index in [1.54, 1.807) is 0 Å². The number of benzene rings is 1. The van der Waals surface area contributed by atoms with E-state index in [1.165, 1.54) is 18.2 Å². The van der Waals surface area contributed by atoms with Crippen LogP contribution >= 0.6 is 0 Å². The first-order valence-corrected chi connectivity index (χ1v) is 6.02. The van der Waals surface area contributed by atoms with Crippen LogP contribution in [0.15, 0.2) is 18.2 Å². The smallest absolute Gasteiger partial charge is 0.293 e. The van der Waals surface area contributed by atoms with Gasteiger partial charge in [-0.3, -0.25) is 29.4 Å². The lowest BCUT2D eigenvalue weighted by atomic mass is 10.0. The van der Waals surface area contributed by atoms with Crippen molar-refractivity contribution in [1.82, 2.24) is 10.2 Å². The van der Waals surface area contributed by atoms with Crippen LogP contribution in [0.2, 0.25) is 0 Å². The average molecular weight is 275 g/mol. The predicted molar refractivity (Wildman–Crippen MR) is 64.8 cm³/mol. The molecule has 7 nitrogen and oxygen atoms in total. The van der Waals surface area contributed by atoms with Gasteiger partial charge in [-0.2, -0.15) is 0 Å². The molecule has 20 heavy (non-hydrogen) atoms. The maximum atomic E-state index is 12.4. The number of piperidine rings is 1. The van der Waals surface area contributed by atoms with Crippen LogP contribution < -0.4 is 5.32 Å². The van der Waals surface area contributed by atoms with Crippen LogP contribution in [0, 0.1) is 0 Å². The number of phenolic OH excluding ortho intramolecular Hbond substituents is 1. The molecular formula is C13H10N2O5. The maximum Gasteiger partial charge on any atom is 0.293 e. The summed E-state index contributed by atoms with van der Waals surface area (Å²) in [4.78, 5) is 48.5. The zero-order chi connectivity index (χ0) is 15.1. The van der Waals surface area contributed by atoms with Crippen LogP contribution in [-0.4, -0.2) is 41.1 Å². The highest BCUT2D eigenvalue weighted by atomic mass is 16.3. The van der Waals surface area contributed by atoms with E-state index in [0.717, 1.165) is 4.90 Å². The van der Waals surface area contributed by atoms with Crippen LogP contribution in [0.4, 0.5) is 0 Å². The van der Waals surface area contributed by atoms with Crippen LogP contribution in [0.25, 0.3) is 0 Å². The molecule has 1 aromatic rings. The van der Waals surface area contributed by atoms with Gasteiger partial charge in [0.05, 0.1) is 11.1 Å². The summed E-state index contributed by atoms with van der Waals surface area (Å²) in [5.74, 6) is -2.45. The molecule has 4 amide bonds. The summed E-state index contributed by atoms with van der Waals surface area (Å²) in [6, 6.07) is 3.30. The highest BCUT2D eigenvalue weighted by molar-refractivity contribution is 6.24. The Balaban J connectivity index is 2.00. The van der Waals surface area contributed by atoms with Crippen molar-refractivity contribution in [2.75, 3.05) is 0 Å². The van der Waals surface area contributed by atoms with E-state index in [2.05, 4.69) is 10.4 Å². The van der Waals surface area contributed by atoms with E-state index < -0.39 is 29.7 Å². The Morgan fingerprint density at radius 2 is 2.05 bits per heavy atom. The summed E-state index contributed by atoms with van der Waals surface area (Å²) < 4.78 is 6.94. The Morgan fingerprint density at radius 1 is 1.25 bits per heavy atom. The first kappa shape index (κ1) is 11.2. The molecule has 0 saturated carbocycles. The van der Waals surface area contributed by atoms with Crippen LogP contribution in [0.1, 0.15) is 33.6 Å². The lowest BCUT2D eigenvalue weighted by Crippen LogP contribution is -2.54. The number of rotatable bonds is 2. The second-order valence-corrected chi connectivity index (χ2v) is 4.63. The molecule has 0 radical (unpaired) electrons. The van der Waals surface area contributed by atoms with Crippen molar-refractivity contribution >= 4 is 23.6 Å². The first-order valence-electron chi connectivity index (χ1n) is 6.43. The van der Waals surface area contributed by atoms with Crippen molar-refractivity contribution in [2.24, 2.45) is 0 Å². The molecule has 0 aliphatic carbocycles. The van der Waals surface area contributed by atoms with Crippen LogP contribution in [0.3, 0.4) is 0 Å². The topological polar surface area (TPSA) is 104 Å². The summed E-state index contributed by atoms with van der Waals surface area (Å²) in [5.41, 5.74) is 0.0663. The number of carbonyl (C=O) groups is 4. The zero-order valence-corrected chi connectivity index (χ0v) is 10.2. The number of carbonyl (C=O) groups excluding carboxylic acids is 4. The Bertz CT molecular complexity index is 687. The molecule has 2 N–H and O–H groups in total. The van der Waals surface area contributed by atoms with Gasteiger partial charge in [0.2, 0.25) is 11.8 Å². The Labute approximate surface area is 114 Å². The third-order valence-corrected chi connectivity index (χ3v) is 3.43. The molecule has 1 fully saturated rings. The molecule has 2 aliphatic heterocycles. The van der Waals surface area contributed by atoms with E-state index >= 15 is 0 Å². The molecule has 0 bridgehead atoms. The number of nitrogens with zero attached hydrogens (tertiary/aromatic N) is 1. The molecule has 2 heterocycles. The molecule has 7 heteroatoms.